The van der Waals surface area contributed by atoms with Gasteiger partial charge in [0, 0.05) is 48.9 Å². The van der Waals surface area contributed by atoms with E-state index in [2.05, 4.69) is 29.7 Å². The highest BCUT2D eigenvalue weighted by Crippen LogP contribution is 2.40. The van der Waals surface area contributed by atoms with Crippen LogP contribution in [0.15, 0.2) is 6.07 Å². The SMILES string of the molecule is CCN1Cc2c(OC)cc(CN3CCOCC3)c(OC)c2CC1C. The maximum atomic E-state index is 5.87. The monoisotopic (exact) mass is 334 g/mol. The van der Waals surface area contributed by atoms with Crippen LogP contribution in [0.3, 0.4) is 0 Å². The number of likely N-dealkylation sites (N-methyl/N-ethyl adjacent to an activating group) is 1. The minimum Gasteiger partial charge on any atom is -0.496 e. The standard InChI is InChI=1S/C19H30N2O3/c1-5-21-13-17-16(10-14(21)2)19(23-4)15(11-18(17)22-3)12-20-6-8-24-9-7-20/h11,14H,5-10,12-13H2,1-4H3. The van der Waals surface area contributed by atoms with Crippen molar-refractivity contribution in [2.75, 3.05) is 47.1 Å². The molecule has 2 aliphatic rings. The Morgan fingerprint density at radius 3 is 2.54 bits per heavy atom. The van der Waals surface area contributed by atoms with Gasteiger partial charge in [-0.05, 0) is 26.0 Å². The van der Waals surface area contributed by atoms with Gasteiger partial charge in [-0.25, -0.2) is 0 Å². The molecule has 1 unspecified atom stereocenters. The second-order valence-electron chi connectivity index (χ2n) is 6.73. The summed E-state index contributed by atoms with van der Waals surface area (Å²) in [4.78, 5) is 4.92. The Morgan fingerprint density at radius 1 is 1.17 bits per heavy atom. The summed E-state index contributed by atoms with van der Waals surface area (Å²) < 4.78 is 17.1. The van der Waals surface area contributed by atoms with E-state index in [0.29, 0.717) is 6.04 Å². The first-order valence-electron chi connectivity index (χ1n) is 8.97. The Hall–Kier alpha value is -1.30. The number of fused-ring (bicyclic) bond motifs is 1. The Labute approximate surface area is 145 Å². The molecule has 2 heterocycles. The lowest BCUT2D eigenvalue weighted by Crippen LogP contribution is -2.39. The maximum absolute atomic E-state index is 5.87. The molecule has 134 valence electrons. The minimum absolute atomic E-state index is 0.528. The predicted octanol–water partition coefficient (Wildman–Crippen LogP) is 2.30. The van der Waals surface area contributed by atoms with Crippen molar-refractivity contribution in [3.63, 3.8) is 0 Å². The van der Waals surface area contributed by atoms with Gasteiger partial charge in [0.2, 0.25) is 0 Å². The number of rotatable bonds is 5. The Kier molecular flexibility index (Phi) is 5.64. The minimum atomic E-state index is 0.528. The van der Waals surface area contributed by atoms with Crippen LogP contribution in [-0.2, 0) is 24.2 Å². The zero-order chi connectivity index (χ0) is 17.1. The summed E-state index contributed by atoms with van der Waals surface area (Å²) >= 11 is 0. The number of benzene rings is 1. The van der Waals surface area contributed by atoms with Crippen LogP contribution in [0.1, 0.15) is 30.5 Å². The molecular weight excluding hydrogens is 304 g/mol. The molecular formula is C19H30N2O3. The summed E-state index contributed by atoms with van der Waals surface area (Å²) in [6.45, 7) is 11.0. The van der Waals surface area contributed by atoms with Crippen LogP contribution in [0.4, 0.5) is 0 Å². The van der Waals surface area contributed by atoms with E-state index in [9.17, 15) is 0 Å². The van der Waals surface area contributed by atoms with Crippen LogP contribution in [0.2, 0.25) is 0 Å². The van der Waals surface area contributed by atoms with Gasteiger partial charge in [-0.1, -0.05) is 6.92 Å². The highest BCUT2D eigenvalue weighted by Gasteiger charge is 2.29. The molecule has 3 rings (SSSR count). The molecule has 0 spiro atoms. The third-order valence-electron chi connectivity index (χ3n) is 5.34. The van der Waals surface area contributed by atoms with E-state index in [1.54, 1.807) is 14.2 Å². The van der Waals surface area contributed by atoms with Gasteiger partial charge < -0.3 is 14.2 Å². The Morgan fingerprint density at radius 2 is 1.92 bits per heavy atom. The lowest BCUT2D eigenvalue weighted by Gasteiger charge is -2.36. The van der Waals surface area contributed by atoms with Crippen molar-refractivity contribution >= 4 is 0 Å². The largest absolute Gasteiger partial charge is 0.496 e. The van der Waals surface area contributed by atoms with Crippen LogP contribution >= 0.6 is 0 Å². The van der Waals surface area contributed by atoms with Crippen molar-refractivity contribution in [1.29, 1.82) is 0 Å². The number of hydrogen-bond donors (Lipinski definition) is 0. The normalized spacial score (nSPS) is 22.2. The summed E-state index contributed by atoms with van der Waals surface area (Å²) in [5, 5.41) is 0. The summed E-state index contributed by atoms with van der Waals surface area (Å²) in [6, 6.07) is 2.71. The van der Waals surface area contributed by atoms with Crippen molar-refractivity contribution in [3.05, 3.63) is 22.8 Å². The van der Waals surface area contributed by atoms with Crippen LogP contribution in [0.5, 0.6) is 11.5 Å². The van der Waals surface area contributed by atoms with E-state index >= 15 is 0 Å². The van der Waals surface area contributed by atoms with Gasteiger partial charge in [0.25, 0.3) is 0 Å². The number of hydrogen-bond acceptors (Lipinski definition) is 5. The molecule has 1 aromatic rings. The number of morpholine rings is 1. The molecule has 0 bridgehead atoms. The van der Waals surface area contributed by atoms with E-state index in [-0.39, 0.29) is 0 Å². The molecule has 1 saturated heterocycles. The quantitative estimate of drug-likeness (QED) is 0.825. The highest BCUT2D eigenvalue weighted by molar-refractivity contribution is 5.55. The van der Waals surface area contributed by atoms with Crippen LogP contribution in [-0.4, -0.2) is 62.9 Å². The van der Waals surface area contributed by atoms with E-state index in [4.69, 9.17) is 14.2 Å². The molecule has 1 aromatic carbocycles. The first kappa shape index (κ1) is 17.5. The van der Waals surface area contributed by atoms with E-state index in [1.807, 2.05) is 0 Å². The first-order valence-corrected chi connectivity index (χ1v) is 8.97. The molecule has 0 amide bonds. The summed E-state index contributed by atoms with van der Waals surface area (Å²) in [5.74, 6) is 2.05. The predicted molar refractivity (Wildman–Crippen MR) is 94.9 cm³/mol. The molecule has 1 fully saturated rings. The third-order valence-corrected chi connectivity index (χ3v) is 5.34. The molecule has 5 nitrogen and oxygen atoms in total. The molecule has 0 aliphatic carbocycles. The van der Waals surface area contributed by atoms with Gasteiger partial charge in [-0.2, -0.15) is 0 Å². The van der Waals surface area contributed by atoms with E-state index in [0.717, 1.165) is 63.9 Å². The highest BCUT2D eigenvalue weighted by atomic mass is 16.5. The smallest absolute Gasteiger partial charge is 0.127 e. The van der Waals surface area contributed by atoms with Gasteiger partial charge in [-0.15, -0.1) is 0 Å². The summed E-state index contributed by atoms with van der Waals surface area (Å²) in [5.41, 5.74) is 3.85. The average molecular weight is 334 g/mol. The zero-order valence-corrected chi connectivity index (χ0v) is 15.4. The molecule has 0 radical (unpaired) electrons. The van der Waals surface area contributed by atoms with Crippen LogP contribution in [0.25, 0.3) is 0 Å². The topological polar surface area (TPSA) is 34.2 Å². The average Bonchev–Trinajstić information content (AvgIpc) is 2.61. The Bertz CT molecular complexity index is 570. The van der Waals surface area contributed by atoms with Crippen molar-refractivity contribution in [2.45, 2.75) is 39.4 Å². The van der Waals surface area contributed by atoms with Crippen molar-refractivity contribution in [3.8, 4) is 11.5 Å². The van der Waals surface area contributed by atoms with E-state index < -0.39 is 0 Å². The summed E-state index contributed by atoms with van der Waals surface area (Å²) in [7, 11) is 3.57. The zero-order valence-electron chi connectivity index (χ0n) is 15.4. The van der Waals surface area contributed by atoms with Gasteiger partial charge in [0.15, 0.2) is 0 Å². The second-order valence-corrected chi connectivity index (χ2v) is 6.73. The van der Waals surface area contributed by atoms with Gasteiger partial charge in [0.1, 0.15) is 11.5 Å². The van der Waals surface area contributed by atoms with Gasteiger partial charge in [0.05, 0.1) is 27.4 Å². The maximum Gasteiger partial charge on any atom is 0.127 e. The molecule has 24 heavy (non-hydrogen) atoms. The fraction of sp³-hybridized carbons (Fsp3) is 0.684. The number of nitrogens with zero attached hydrogens (tertiary/aromatic N) is 2. The lowest BCUT2D eigenvalue weighted by molar-refractivity contribution is 0.0338. The van der Waals surface area contributed by atoms with Gasteiger partial charge in [-0.3, -0.25) is 9.80 Å². The molecule has 5 heteroatoms. The number of ether oxygens (including phenoxy) is 3. The van der Waals surface area contributed by atoms with Crippen molar-refractivity contribution in [1.82, 2.24) is 9.80 Å². The third kappa shape index (κ3) is 3.39. The van der Waals surface area contributed by atoms with E-state index in [1.165, 1.54) is 16.7 Å². The van der Waals surface area contributed by atoms with Crippen LogP contribution in [0, 0.1) is 0 Å². The lowest BCUT2D eigenvalue weighted by atomic mass is 9.90. The van der Waals surface area contributed by atoms with Gasteiger partial charge >= 0.3 is 0 Å². The Balaban J connectivity index is 1.96. The van der Waals surface area contributed by atoms with Crippen molar-refractivity contribution in [2.24, 2.45) is 0 Å². The first-order chi connectivity index (χ1) is 11.7. The molecule has 0 aromatic heterocycles. The molecule has 2 aliphatic heterocycles. The molecule has 1 atom stereocenters. The number of methoxy groups -OCH3 is 2. The van der Waals surface area contributed by atoms with Crippen LogP contribution < -0.4 is 9.47 Å². The molecule has 0 N–H and O–H groups in total. The molecule has 0 saturated carbocycles. The summed E-state index contributed by atoms with van der Waals surface area (Å²) in [6.07, 6.45) is 1.01. The fourth-order valence-corrected chi connectivity index (χ4v) is 3.94. The second kappa shape index (κ2) is 7.72. The van der Waals surface area contributed by atoms with Crippen molar-refractivity contribution < 1.29 is 14.2 Å². The fourth-order valence-electron chi connectivity index (χ4n) is 3.94.